The SMILES string of the molecule is CCC1CSC(=NCc2ccccc2Br)N1. The zero-order valence-electron chi connectivity index (χ0n) is 9.24. The molecule has 86 valence electrons. The van der Waals surface area contributed by atoms with Crippen molar-refractivity contribution in [2.24, 2.45) is 4.99 Å². The minimum atomic E-state index is 0.600. The summed E-state index contributed by atoms with van der Waals surface area (Å²) in [7, 11) is 0. The Kier molecular flexibility index (Phi) is 4.29. The van der Waals surface area contributed by atoms with E-state index in [1.165, 1.54) is 12.0 Å². The molecule has 1 heterocycles. The molecule has 0 spiro atoms. The van der Waals surface area contributed by atoms with E-state index in [0.717, 1.165) is 21.9 Å². The molecule has 0 amide bonds. The lowest BCUT2D eigenvalue weighted by molar-refractivity contribution is 0.667. The number of benzene rings is 1. The summed E-state index contributed by atoms with van der Waals surface area (Å²) in [5.41, 5.74) is 1.23. The highest BCUT2D eigenvalue weighted by Crippen LogP contribution is 2.19. The molecule has 0 aromatic heterocycles. The monoisotopic (exact) mass is 298 g/mol. The first-order valence-electron chi connectivity index (χ1n) is 5.46. The average Bonchev–Trinajstić information content (AvgIpc) is 2.76. The van der Waals surface area contributed by atoms with Crippen LogP contribution < -0.4 is 5.32 Å². The Hall–Kier alpha value is -0.480. The Balaban J connectivity index is 1.97. The number of rotatable bonds is 3. The van der Waals surface area contributed by atoms with Crippen molar-refractivity contribution in [2.45, 2.75) is 25.9 Å². The van der Waals surface area contributed by atoms with Gasteiger partial charge in [-0.1, -0.05) is 52.8 Å². The summed E-state index contributed by atoms with van der Waals surface area (Å²) in [5, 5.41) is 4.51. The highest BCUT2D eigenvalue weighted by molar-refractivity contribution is 9.10. The molecular formula is C12H15BrN2S. The number of hydrogen-bond donors (Lipinski definition) is 1. The highest BCUT2D eigenvalue weighted by Gasteiger charge is 2.17. The summed E-state index contributed by atoms with van der Waals surface area (Å²) < 4.78 is 1.13. The maximum Gasteiger partial charge on any atom is 0.157 e. The molecule has 1 aromatic rings. The predicted molar refractivity (Wildman–Crippen MR) is 75.0 cm³/mol. The summed E-state index contributed by atoms with van der Waals surface area (Å²) in [6, 6.07) is 8.83. The number of nitrogens with zero attached hydrogens (tertiary/aromatic N) is 1. The summed E-state index contributed by atoms with van der Waals surface area (Å²) >= 11 is 5.36. The van der Waals surface area contributed by atoms with Crippen LogP contribution in [0.3, 0.4) is 0 Å². The fourth-order valence-corrected chi connectivity index (χ4v) is 3.03. The van der Waals surface area contributed by atoms with E-state index < -0.39 is 0 Å². The van der Waals surface area contributed by atoms with Crippen LogP contribution in [0, 0.1) is 0 Å². The third-order valence-electron chi connectivity index (χ3n) is 2.59. The molecule has 1 unspecified atom stereocenters. The predicted octanol–water partition coefficient (Wildman–Crippen LogP) is 3.42. The molecule has 2 nitrogen and oxygen atoms in total. The second-order valence-electron chi connectivity index (χ2n) is 3.77. The van der Waals surface area contributed by atoms with E-state index in [9.17, 15) is 0 Å². The van der Waals surface area contributed by atoms with Crippen LogP contribution in [-0.2, 0) is 6.54 Å². The van der Waals surface area contributed by atoms with Gasteiger partial charge < -0.3 is 5.32 Å². The van der Waals surface area contributed by atoms with Gasteiger partial charge in [0.2, 0.25) is 0 Å². The second kappa shape index (κ2) is 5.73. The van der Waals surface area contributed by atoms with E-state index in [1.54, 1.807) is 0 Å². The fourth-order valence-electron chi connectivity index (χ4n) is 1.53. The lowest BCUT2D eigenvalue weighted by Crippen LogP contribution is -2.25. The summed E-state index contributed by atoms with van der Waals surface area (Å²) in [6.07, 6.45) is 1.17. The van der Waals surface area contributed by atoms with E-state index in [2.05, 4.69) is 45.3 Å². The van der Waals surface area contributed by atoms with Crippen LogP contribution in [0.4, 0.5) is 0 Å². The largest absolute Gasteiger partial charge is 0.361 e. The molecule has 0 bridgehead atoms. The van der Waals surface area contributed by atoms with Gasteiger partial charge >= 0.3 is 0 Å². The van der Waals surface area contributed by atoms with Crippen molar-refractivity contribution in [3.63, 3.8) is 0 Å². The first-order valence-corrected chi connectivity index (χ1v) is 7.24. The van der Waals surface area contributed by atoms with Gasteiger partial charge in [-0.3, -0.25) is 4.99 Å². The molecule has 0 radical (unpaired) electrons. The van der Waals surface area contributed by atoms with Crippen LogP contribution >= 0.6 is 27.7 Å². The van der Waals surface area contributed by atoms with Gasteiger partial charge in [0.25, 0.3) is 0 Å². The molecule has 1 aliphatic rings. The Labute approximate surface area is 109 Å². The molecule has 0 aliphatic carbocycles. The van der Waals surface area contributed by atoms with E-state index in [0.29, 0.717) is 6.04 Å². The number of nitrogens with one attached hydrogen (secondary N) is 1. The van der Waals surface area contributed by atoms with Crippen molar-refractivity contribution in [1.82, 2.24) is 5.32 Å². The first kappa shape index (κ1) is 12.0. The molecule has 16 heavy (non-hydrogen) atoms. The van der Waals surface area contributed by atoms with Crippen LogP contribution in [0.25, 0.3) is 0 Å². The van der Waals surface area contributed by atoms with Crippen molar-refractivity contribution < 1.29 is 0 Å². The molecule has 1 aromatic carbocycles. The Morgan fingerprint density at radius 1 is 1.50 bits per heavy atom. The van der Waals surface area contributed by atoms with Crippen LogP contribution in [-0.4, -0.2) is 17.0 Å². The van der Waals surface area contributed by atoms with Crippen LogP contribution in [0.1, 0.15) is 18.9 Å². The second-order valence-corrected chi connectivity index (χ2v) is 5.64. The smallest absolute Gasteiger partial charge is 0.157 e. The molecule has 1 fully saturated rings. The lowest BCUT2D eigenvalue weighted by atomic mass is 10.2. The number of halogens is 1. The minimum absolute atomic E-state index is 0.600. The molecule has 1 aliphatic heterocycles. The van der Waals surface area contributed by atoms with E-state index >= 15 is 0 Å². The summed E-state index contributed by atoms with van der Waals surface area (Å²) in [5.74, 6) is 1.14. The molecule has 0 saturated carbocycles. The van der Waals surface area contributed by atoms with Crippen LogP contribution in [0.2, 0.25) is 0 Å². The van der Waals surface area contributed by atoms with Gasteiger partial charge in [0, 0.05) is 16.3 Å². The number of aliphatic imine (C=N–C) groups is 1. The van der Waals surface area contributed by atoms with Crippen molar-refractivity contribution in [2.75, 3.05) is 5.75 Å². The van der Waals surface area contributed by atoms with E-state index in [4.69, 9.17) is 0 Å². The lowest BCUT2D eigenvalue weighted by Gasteiger charge is -2.05. The normalized spacial score (nSPS) is 22.4. The number of amidine groups is 1. The maximum absolute atomic E-state index is 4.59. The molecule has 2 rings (SSSR count). The highest BCUT2D eigenvalue weighted by atomic mass is 79.9. The quantitative estimate of drug-likeness (QED) is 0.925. The number of thioether (sulfide) groups is 1. The van der Waals surface area contributed by atoms with Crippen molar-refractivity contribution in [1.29, 1.82) is 0 Å². The third-order valence-corrected chi connectivity index (χ3v) is 4.46. The summed E-state index contributed by atoms with van der Waals surface area (Å²) in [6.45, 7) is 2.95. The maximum atomic E-state index is 4.59. The Morgan fingerprint density at radius 3 is 3.00 bits per heavy atom. The minimum Gasteiger partial charge on any atom is -0.361 e. The molecule has 4 heteroatoms. The van der Waals surface area contributed by atoms with Gasteiger partial charge in [-0.2, -0.15) is 0 Å². The van der Waals surface area contributed by atoms with Crippen LogP contribution in [0.5, 0.6) is 0 Å². The van der Waals surface area contributed by atoms with Crippen molar-refractivity contribution >= 4 is 32.9 Å². The average molecular weight is 299 g/mol. The van der Waals surface area contributed by atoms with Gasteiger partial charge in [-0.25, -0.2) is 0 Å². The number of hydrogen-bond acceptors (Lipinski definition) is 2. The Morgan fingerprint density at radius 2 is 2.31 bits per heavy atom. The van der Waals surface area contributed by atoms with Crippen LogP contribution in [0.15, 0.2) is 33.7 Å². The van der Waals surface area contributed by atoms with Gasteiger partial charge in [0.05, 0.1) is 6.54 Å². The van der Waals surface area contributed by atoms with E-state index in [-0.39, 0.29) is 0 Å². The van der Waals surface area contributed by atoms with Crippen molar-refractivity contribution in [3.05, 3.63) is 34.3 Å². The first-order chi connectivity index (χ1) is 7.79. The fraction of sp³-hybridized carbons (Fsp3) is 0.417. The summed E-state index contributed by atoms with van der Waals surface area (Å²) in [4.78, 5) is 4.59. The van der Waals surface area contributed by atoms with E-state index in [1.807, 2.05) is 23.9 Å². The van der Waals surface area contributed by atoms with Gasteiger partial charge in [-0.15, -0.1) is 0 Å². The molecule has 1 saturated heterocycles. The van der Waals surface area contributed by atoms with Gasteiger partial charge in [0.15, 0.2) is 5.17 Å². The standard InChI is InChI=1S/C12H15BrN2S/c1-2-10-8-16-12(15-10)14-7-9-5-3-4-6-11(9)13/h3-6,10H,2,7-8H2,1H3,(H,14,15). The molecule has 1 N–H and O–H groups in total. The topological polar surface area (TPSA) is 24.4 Å². The van der Waals surface area contributed by atoms with Crippen molar-refractivity contribution in [3.8, 4) is 0 Å². The molecule has 1 atom stereocenters. The zero-order chi connectivity index (χ0) is 11.4. The zero-order valence-corrected chi connectivity index (χ0v) is 11.6. The Bertz CT molecular complexity index is 392. The third kappa shape index (κ3) is 3.01. The molecular weight excluding hydrogens is 284 g/mol. The van der Waals surface area contributed by atoms with Gasteiger partial charge in [-0.05, 0) is 18.1 Å². The van der Waals surface area contributed by atoms with Gasteiger partial charge in [0.1, 0.15) is 0 Å².